The van der Waals surface area contributed by atoms with Crippen molar-refractivity contribution in [1.82, 2.24) is 0 Å². The van der Waals surface area contributed by atoms with Gasteiger partial charge in [-0.1, -0.05) is 18.9 Å². The molecule has 0 amide bonds. The molecule has 1 aliphatic rings. The molecule has 1 nitrogen and oxygen atoms in total. The molecule has 0 radical (unpaired) electrons. The highest BCUT2D eigenvalue weighted by atomic mass is 79.9. The maximum absolute atomic E-state index is 12.3. The lowest BCUT2D eigenvalue weighted by molar-refractivity contribution is 0.103. The molecule has 1 heterocycles. The number of allylic oxidation sites excluding steroid dienone is 2. The van der Waals surface area contributed by atoms with Crippen LogP contribution in [0.5, 0.6) is 0 Å². The van der Waals surface area contributed by atoms with Gasteiger partial charge in [-0.05, 0) is 58.6 Å². The Kier molecular flexibility index (Phi) is 4.36. The summed E-state index contributed by atoms with van der Waals surface area (Å²) >= 11 is 4.96. The molecule has 1 aliphatic carbocycles. The van der Waals surface area contributed by atoms with Gasteiger partial charge in [0.2, 0.25) is 0 Å². The Morgan fingerprint density at radius 3 is 2.81 bits per heavy atom. The normalized spacial score (nSPS) is 20.7. The van der Waals surface area contributed by atoms with Gasteiger partial charge in [-0.3, -0.25) is 4.79 Å². The van der Waals surface area contributed by atoms with Crippen molar-refractivity contribution < 1.29 is 4.79 Å². The molecule has 16 heavy (non-hydrogen) atoms. The summed E-state index contributed by atoms with van der Waals surface area (Å²) < 4.78 is 0.936. The predicted octanol–water partition coefficient (Wildman–Crippen LogP) is 4.97. The van der Waals surface area contributed by atoms with Crippen LogP contribution < -0.4 is 0 Å². The van der Waals surface area contributed by atoms with Crippen LogP contribution in [0.3, 0.4) is 0 Å². The smallest absolute Gasteiger partial charge is 0.199 e. The Balaban J connectivity index is 2.17. The molecule has 0 saturated carbocycles. The lowest BCUT2D eigenvalue weighted by Gasteiger charge is -2.09. The zero-order valence-corrected chi connectivity index (χ0v) is 11.6. The molecule has 86 valence electrons. The van der Waals surface area contributed by atoms with Crippen LogP contribution in [0.4, 0.5) is 0 Å². The first-order chi connectivity index (χ1) is 7.79. The lowest BCUT2D eigenvalue weighted by Crippen LogP contribution is -2.03. The van der Waals surface area contributed by atoms with E-state index in [9.17, 15) is 4.79 Å². The van der Waals surface area contributed by atoms with Gasteiger partial charge in [0.15, 0.2) is 5.78 Å². The molecule has 0 spiro atoms. The minimum Gasteiger partial charge on any atom is -0.288 e. The maximum Gasteiger partial charge on any atom is 0.199 e. The summed E-state index contributed by atoms with van der Waals surface area (Å²) in [6.45, 7) is 0. The molecule has 3 heteroatoms. The summed E-state index contributed by atoms with van der Waals surface area (Å²) in [4.78, 5) is 13.1. The number of hydrogen-bond donors (Lipinski definition) is 0. The first-order valence-electron chi connectivity index (χ1n) is 5.76. The van der Waals surface area contributed by atoms with Gasteiger partial charge >= 0.3 is 0 Å². The second kappa shape index (κ2) is 5.78. The Morgan fingerprint density at radius 2 is 2.06 bits per heavy atom. The highest BCUT2D eigenvalue weighted by molar-refractivity contribution is 9.10. The van der Waals surface area contributed by atoms with Gasteiger partial charge in [-0.2, -0.15) is 0 Å². The number of halogens is 1. The summed E-state index contributed by atoms with van der Waals surface area (Å²) in [6, 6.07) is 1.95. The van der Waals surface area contributed by atoms with Crippen molar-refractivity contribution in [2.45, 2.75) is 38.5 Å². The molecule has 0 aliphatic heterocycles. The molecular formula is C13H15BrOS. The summed E-state index contributed by atoms with van der Waals surface area (Å²) in [5, 5.41) is 1.96. The van der Waals surface area contributed by atoms with E-state index in [4.69, 9.17) is 0 Å². The van der Waals surface area contributed by atoms with Crippen LogP contribution in [-0.4, -0.2) is 5.78 Å². The zero-order chi connectivity index (χ0) is 11.4. The number of rotatable bonds is 2. The molecule has 1 aromatic heterocycles. The first kappa shape index (κ1) is 12.1. The molecule has 0 N–H and O–H groups in total. The highest BCUT2D eigenvalue weighted by Gasteiger charge is 2.16. The summed E-state index contributed by atoms with van der Waals surface area (Å²) in [5.74, 6) is 0.226. The molecule has 0 atom stereocenters. The second-order valence-corrected chi connectivity index (χ2v) is 5.88. The molecule has 1 aromatic rings. The third-order valence-corrected chi connectivity index (χ3v) is 4.74. The number of ketones is 1. The van der Waals surface area contributed by atoms with Crippen molar-refractivity contribution in [2.24, 2.45) is 0 Å². The molecule has 0 fully saturated rings. The fourth-order valence-electron chi connectivity index (χ4n) is 2.00. The third kappa shape index (κ3) is 2.83. The van der Waals surface area contributed by atoms with Crippen molar-refractivity contribution in [1.29, 1.82) is 0 Å². The molecular weight excluding hydrogens is 284 g/mol. The Morgan fingerprint density at radius 1 is 1.25 bits per heavy atom. The van der Waals surface area contributed by atoms with Gasteiger partial charge < -0.3 is 0 Å². The van der Waals surface area contributed by atoms with Gasteiger partial charge in [0.25, 0.3) is 0 Å². The second-order valence-electron chi connectivity index (χ2n) is 4.11. The van der Waals surface area contributed by atoms with E-state index in [0.29, 0.717) is 0 Å². The van der Waals surface area contributed by atoms with Crippen molar-refractivity contribution in [3.05, 3.63) is 32.4 Å². The summed E-state index contributed by atoms with van der Waals surface area (Å²) in [6.07, 6.45) is 9.10. The van der Waals surface area contributed by atoms with Crippen LogP contribution in [0.15, 0.2) is 27.6 Å². The van der Waals surface area contributed by atoms with Crippen LogP contribution >= 0.6 is 27.3 Å². The van der Waals surface area contributed by atoms with E-state index in [-0.39, 0.29) is 5.78 Å². The van der Waals surface area contributed by atoms with E-state index in [1.807, 2.05) is 11.4 Å². The fraction of sp³-hybridized carbons (Fsp3) is 0.462. The SMILES string of the molecule is O=C(/C1=C/CCCCCC1)c1sccc1Br. The zero-order valence-electron chi connectivity index (χ0n) is 9.17. The van der Waals surface area contributed by atoms with Crippen molar-refractivity contribution in [3.63, 3.8) is 0 Å². The average Bonchev–Trinajstić information content (AvgIpc) is 2.63. The van der Waals surface area contributed by atoms with Crippen molar-refractivity contribution in [3.8, 4) is 0 Å². The largest absolute Gasteiger partial charge is 0.288 e. The van der Waals surface area contributed by atoms with Gasteiger partial charge in [0.1, 0.15) is 0 Å². The van der Waals surface area contributed by atoms with Gasteiger partial charge in [-0.25, -0.2) is 0 Å². The molecule has 2 rings (SSSR count). The van der Waals surface area contributed by atoms with Crippen molar-refractivity contribution in [2.75, 3.05) is 0 Å². The van der Waals surface area contributed by atoms with E-state index in [0.717, 1.165) is 34.2 Å². The van der Waals surface area contributed by atoms with E-state index in [2.05, 4.69) is 22.0 Å². The number of carbonyl (C=O) groups excluding carboxylic acids is 1. The Bertz CT molecular complexity index is 406. The van der Waals surface area contributed by atoms with E-state index < -0.39 is 0 Å². The van der Waals surface area contributed by atoms with Gasteiger partial charge in [0, 0.05) is 4.47 Å². The fourth-order valence-corrected chi connectivity index (χ4v) is 3.53. The monoisotopic (exact) mass is 298 g/mol. The average molecular weight is 299 g/mol. The predicted molar refractivity (Wildman–Crippen MR) is 72.1 cm³/mol. The van der Waals surface area contributed by atoms with Crippen LogP contribution in [-0.2, 0) is 0 Å². The van der Waals surface area contributed by atoms with Gasteiger partial charge in [-0.15, -0.1) is 11.3 Å². The van der Waals surface area contributed by atoms with Crippen LogP contribution in [0.2, 0.25) is 0 Å². The quantitative estimate of drug-likeness (QED) is 0.704. The van der Waals surface area contributed by atoms with Crippen LogP contribution in [0.25, 0.3) is 0 Å². The molecule has 0 unspecified atom stereocenters. The number of Topliss-reactive ketones (excluding diaryl/α,β-unsaturated/α-hetero) is 1. The molecule has 0 saturated heterocycles. The minimum absolute atomic E-state index is 0.226. The first-order valence-corrected chi connectivity index (χ1v) is 7.43. The number of hydrogen-bond acceptors (Lipinski definition) is 2. The topological polar surface area (TPSA) is 17.1 Å². The summed E-state index contributed by atoms with van der Waals surface area (Å²) in [5.41, 5.74) is 1.02. The molecule has 0 aromatic carbocycles. The van der Waals surface area contributed by atoms with Crippen LogP contribution in [0.1, 0.15) is 48.2 Å². The number of carbonyl (C=O) groups is 1. The van der Waals surface area contributed by atoms with E-state index >= 15 is 0 Å². The number of thiophene rings is 1. The van der Waals surface area contributed by atoms with Gasteiger partial charge in [0.05, 0.1) is 4.88 Å². The van der Waals surface area contributed by atoms with Crippen LogP contribution in [0, 0.1) is 0 Å². The lowest BCUT2D eigenvalue weighted by atomic mass is 9.97. The Labute approximate surface area is 109 Å². The minimum atomic E-state index is 0.226. The maximum atomic E-state index is 12.3. The molecule has 0 bridgehead atoms. The van der Waals surface area contributed by atoms with Crippen molar-refractivity contribution >= 4 is 33.0 Å². The van der Waals surface area contributed by atoms with E-state index in [1.54, 1.807) is 0 Å². The standard InChI is InChI=1S/C13H15BrOS/c14-11-8-9-16-13(11)12(15)10-6-4-2-1-3-5-7-10/h6,8-9H,1-5,7H2/b10-6+. The van der Waals surface area contributed by atoms with E-state index in [1.165, 1.54) is 30.6 Å². The highest BCUT2D eigenvalue weighted by Crippen LogP contribution is 2.28. The Hall–Kier alpha value is -0.410. The third-order valence-electron chi connectivity index (χ3n) is 2.91. The summed E-state index contributed by atoms with van der Waals surface area (Å²) in [7, 11) is 0.